The zero-order valence-corrected chi connectivity index (χ0v) is 13.7. The van der Waals surface area contributed by atoms with Crippen molar-refractivity contribution < 1.29 is 4.52 Å². The predicted octanol–water partition coefficient (Wildman–Crippen LogP) is 2.62. The molecule has 0 N–H and O–H groups in total. The molecule has 5 nitrogen and oxygen atoms in total. The van der Waals surface area contributed by atoms with Gasteiger partial charge < -0.3 is 9.42 Å². The number of likely N-dealkylation sites (tertiary alicyclic amines) is 1. The van der Waals surface area contributed by atoms with Crippen LogP contribution in [-0.4, -0.2) is 40.2 Å². The van der Waals surface area contributed by atoms with Gasteiger partial charge in [-0.1, -0.05) is 5.16 Å². The lowest BCUT2D eigenvalue weighted by Gasteiger charge is -2.27. The monoisotopic (exact) mass is 306 g/mol. The third-order valence-corrected chi connectivity index (χ3v) is 5.07. The van der Waals surface area contributed by atoms with Crippen LogP contribution in [0.1, 0.15) is 40.1 Å². The maximum atomic E-state index is 5.39. The van der Waals surface area contributed by atoms with Gasteiger partial charge >= 0.3 is 0 Å². The molecule has 1 aliphatic rings. The van der Waals surface area contributed by atoms with Gasteiger partial charge in [0.25, 0.3) is 0 Å². The van der Waals surface area contributed by atoms with Crippen LogP contribution in [0.4, 0.5) is 0 Å². The standard InChI is InChI=1S/C15H22N4OS/c1-10-13(16-11(2)21-10)9-15-17-14(18-20-15)8-12-4-6-19(3)7-5-12/h12H,4-9H2,1-3H3. The molecule has 3 rings (SSSR count). The first kappa shape index (κ1) is 14.7. The lowest BCUT2D eigenvalue weighted by molar-refractivity contribution is 0.216. The highest BCUT2D eigenvalue weighted by Gasteiger charge is 2.20. The number of aryl methyl sites for hydroxylation is 2. The van der Waals surface area contributed by atoms with Crippen LogP contribution in [0.3, 0.4) is 0 Å². The Morgan fingerprint density at radius 1 is 1.24 bits per heavy atom. The predicted molar refractivity (Wildman–Crippen MR) is 82.6 cm³/mol. The highest BCUT2D eigenvalue weighted by Crippen LogP contribution is 2.21. The van der Waals surface area contributed by atoms with Crippen molar-refractivity contribution >= 4 is 11.3 Å². The Labute approximate surface area is 129 Å². The minimum atomic E-state index is 0.649. The van der Waals surface area contributed by atoms with Gasteiger partial charge in [-0.2, -0.15) is 4.98 Å². The molecule has 0 bridgehead atoms. The van der Waals surface area contributed by atoms with Gasteiger partial charge in [-0.25, -0.2) is 4.98 Å². The van der Waals surface area contributed by atoms with Crippen LogP contribution in [0.25, 0.3) is 0 Å². The fourth-order valence-electron chi connectivity index (χ4n) is 2.85. The summed E-state index contributed by atoms with van der Waals surface area (Å²) in [4.78, 5) is 12.7. The van der Waals surface area contributed by atoms with Gasteiger partial charge in [-0.15, -0.1) is 11.3 Å². The molecule has 0 aliphatic carbocycles. The van der Waals surface area contributed by atoms with E-state index in [9.17, 15) is 0 Å². The van der Waals surface area contributed by atoms with Crippen LogP contribution in [-0.2, 0) is 12.8 Å². The first-order chi connectivity index (χ1) is 10.1. The Hall–Kier alpha value is -1.27. The van der Waals surface area contributed by atoms with E-state index in [0.717, 1.165) is 22.9 Å². The number of thiazole rings is 1. The van der Waals surface area contributed by atoms with Crippen LogP contribution in [0, 0.1) is 19.8 Å². The second kappa shape index (κ2) is 6.23. The average Bonchev–Trinajstić information content (AvgIpc) is 3.00. The molecule has 0 spiro atoms. The molecular formula is C15H22N4OS. The van der Waals surface area contributed by atoms with Gasteiger partial charge in [-0.05, 0) is 52.7 Å². The Morgan fingerprint density at radius 2 is 2.00 bits per heavy atom. The van der Waals surface area contributed by atoms with Gasteiger partial charge in [0.05, 0.1) is 17.1 Å². The SMILES string of the molecule is Cc1nc(Cc2nc(CC3CCN(C)CC3)no2)c(C)s1. The number of piperidine rings is 1. The maximum Gasteiger partial charge on any atom is 0.232 e. The fraction of sp³-hybridized carbons (Fsp3) is 0.667. The second-order valence-corrected chi connectivity index (χ2v) is 7.37. The number of nitrogens with zero attached hydrogens (tertiary/aromatic N) is 4. The molecule has 2 aromatic heterocycles. The quantitative estimate of drug-likeness (QED) is 0.869. The van der Waals surface area contributed by atoms with Crippen molar-refractivity contribution in [3.05, 3.63) is 27.3 Å². The Balaban J connectivity index is 1.60. The number of hydrogen-bond donors (Lipinski definition) is 0. The molecule has 21 heavy (non-hydrogen) atoms. The smallest absolute Gasteiger partial charge is 0.232 e. The third-order valence-electron chi connectivity index (χ3n) is 4.14. The molecule has 0 amide bonds. The van der Waals surface area contributed by atoms with Crippen molar-refractivity contribution in [2.24, 2.45) is 5.92 Å². The molecule has 0 unspecified atom stereocenters. The molecule has 3 heterocycles. The summed E-state index contributed by atoms with van der Waals surface area (Å²) < 4.78 is 5.39. The molecule has 0 radical (unpaired) electrons. The van der Waals surface area contributed by atoms with E-state index in [2.05, 4.69) is 34.0 Å². The topological polar surface area (TPSA) is 55.1 Å². The van der Waals surface area contributed by atoms with Gasteiger partial charge in [0.2, 0.25) is 5.89 Å². The van der Waals surface area contributed by atoms with E-state index in [1.165, 1.54) is 30.8 Å². The van der Waals surface area contributed by atoms with Crippen molar-refractivity contribution in [1.82, 2.24) is 20.0 Å². The van der Waals surface area contributed by atoms with E-state index in [1.54, 1.807) is 11.3 Å². The van der Waals surface area contributed by atoms with Gasteiger partial charge in [-0.3, -0.25) is 0 Å². The minimum Gasteiger partial charge on any atom is -0.339 e. The minimum absolute atomic E-state index is 0.649. The summed E-state index contributed by atoms with van der Waals surface area (Å²) in [5.41, 5.74) is 1.06. The Kier molecular flexibility index (Phi) is 4.35. The molecule has 6 heteroatoms. The summed E-state index contributed by atoms with van der Waals surface area (Å²) in [6, 6.07) is 0. The number of rotatable bonds is 4. The molecule has 1 saturated heterocycles. The zero-order valence-electron chi connectivity index (χ0n) is 12.9. The first-order valence-electron chi connectivity index (χ1n) is 7.53. The van der Waals surface area contributed by atoms with Crippen molar-refractivity contribution in [2.45, 2.75) is 39.5 Å². The summed E-state index contributed by atoms with van der Waals surface area (Å²) in [6.07, 6.45) is 4.04. The van der Waals surface area contributed by atoms with Gasteiger partial charge in [0.15, 0.2) is 5.82 Å². The van der Waals surface area contributed by atoms with Crippen molar-refractivity contribution in [3.8, 4) is 0 Å². The van der Waals surface area contributed by atoms with E-state index in [0.29, 0.717) is 18.2 Å². The average molecular weight is 306 g/mol. The third kappa shape index (κ3) is 3.68. The molecule has 114 valence electrons. The van der Waals surface area contributed by atoms with Crippen LogP contribution in [0.15, 0.2) is 4.52 Å². The second-order valence-electron chi connectivity index (χ2n) is 5.97. The summed E-state index contributed by atoms with van der Waals surface area (Å²) in [5.74, 6) is 2.23. The normalized spacial score (nSPS) is 17.5. The highest BCUT2D eigenvalue weighted by atomic mass is 32.1. The molecule has 0 aromatic carbocycles. The Morgan fingerprint density at radius 3 is 2.67 bits per heavy atom. The van der Waals surface area contributed by atoms with Crippen LogP contribution in [0.5, 0.6) is 0 Å². The number of aromatic nitrogens is 3. The molecule has 1 fully saturated rings. The van der Waals surface area contributed by atoms with E-state index in [1.807, 2.05) is 6.92 Å². The van der Waals surface area contributed by atoms with Crippen LogP contribution < -0.4 is 0 Å². The molecule has 2 aromatic rings. The maximum absolute atomic E-state index is 5.39. The molecule has 0 saturated carbocycles. The molecule has 1 aliphatic heterocycles. The molecule has 0 atom stereocenters. The number of hydrogen-bond acceptors (Lipinski definition) is 6. The first-order valence-corrected chi connectivity index (χ1v) is 8.34. The van der Waals surface area contributed by atoms with Gasteiger partial charge in [0, 0.05) is 11.3 Å². The van der Waals surface area contributed by atoms with E-state index >= 15 is 0 Å². The fourth-order valence-corrected chi connectivity index (χ4v) is 3.68. The summed E-state index contributed by atoms with van der Waals surface area (Å²) in [7, 11) is 2.18. The lowest BCUT2D eigenvalue weighted by Crippen LogP contribution is -2.31. The highest BCUT2D eigenvalue weighted by molar-refractivity contribution is 7.11. The van der Waals surface area contributed by atoms with Crippen molar-refractivity contribution in [2.75, 3.05) is 20.1 Å². The van der Waals surface area contributed by atoms with Crippen LogP contribution in [0.2, 0.25) is 0 Å². The molecular weight excluding hydrogens is 284 g/mol. The van der Waals surface area contributed by atoms with Gasteiger partial charge in [0.1, 0.15) is 0 Å². The van der Waals surface area contributed by atoms with E-state index < -0.39 is 0 Å². The van der Waals surface area contributed by atoms with E-state index in [-0.39, 0.29) is 0 Å². The van der Waals surface area contributed by atoms with E-state index in [4.69, 9.17) is 4.52 Å². The lowest BCUT2D eigenvalue weighted by atomic mass is 9.94. The summed E-state index contributed by atoms with van der Waals surface area (Å²) in [5, 5.41) is 5.23. The van der Waals surface area contributed by atoms with Crippen molar-refractivity contribution in [1.29, 1.82) is 0 Å². The van der Waals surface area contributed by atoms with Crippen LogP contribution >= 0.6 is 11.3 Å². The van der Waals surface area contributed by atoms with Crippen molar-refractivity contribution in [3.63, 3.8) is 0 Å². The largest absolute Gasteiger partial charge is 0.339 e. The zero-order chi connectivity index (χ0) is 14.8. The summed E-state index contributed by atoms with van der Waals surface area (Å²) in [6.45, 7) is 6.47. The summed E-state index contributed by atoms with van der Waals surface area (Å²) >= 11 is 1.72. The Bertz CT molecular complexity index is 599.